The first-order valence-electron chi connectivity index (χ1n) is 5.79. The minimum atomic E-state index is -1.08. The van der Waals surface area contributed by atoms with Crippen molar-refractivity contribution in [2.45, 2.75) is 32.2 Å². The Kier molecular flexibility index (Phi) is 5.26. The first kappa shape index (κ1) is 15.9. The maximum Gasteiger partial charge on any atom is 0.331 e. The van der Waals surface area contributed by atoms with Crippen LogP contribution in [0.3, 0.4) is 0 Å². The number of carbonyl (C=O) groups excluding carboxylic acids is 2. The molecular weight excluding hydrogens is 291 g/mol. The summed E-state index contributed by atoms with van der Waals surface area (Å²) in [5, 5.41) is 3.07. The second-order valence-corrected chi connectivity index (χ2v) is 5.16. The van der Waals surface area contributed by atoms with Gasteiger partial charge in [-0.15, -0.1) is 0 Å². The molecule has 2 N–H and O–H groups in total. The van der Waals surface area contributed by atoms with Crippen molar-refractivity contribution in [2.24, 2.45) is 0 Å². The van der Waals surface area contributed by atoms with Crippen LogP contribution in [-0.2, 0) is 9.53 Å². The number of carbonyl (C=O) groups is 2. The van der Waals surface area contributed by atoms with E-state index in [1.54, 1.807) is 6.92 Å². The average Bonchev–Trinajstić information content (AvgIpc) is 2.69. The van der Waals surface area contributed by atoms with E-state index >= 15 is 0 Å². The van der Waals surface area contributed by atoms with E-state index < -0.39 is 17.4 Å². The van der Waals surface area contributed by atoms with Crippen molar-refractivity contribution in [3.05, 3.63) is 21.9 Å². The fraction of sp³-hybridized carbons (Fsp3) is 0.500. The molecule has 0 radical (unpaired) electrons. The van der Waals surface area contributed by atoms with E-state index in [0.29, 0.717) is 6.42 Å². The van der Waals surface area contributed by atoms with Gasteiger partial charge in [-0.3, -0.25) is 4.79 Å². The summed E-state index contributed by atoms with van der Waals surface area (Å²) in [5.41, 5.74) is -0.883. The van der Waals surface area contributed by atoms with E-state index in [9.17, 15) is 9.59 Å². The molecule has 0 spiro atoms. The van der Waals surface area contributed by atoms with Gasteiger partial charge < -0.3 is 15.0 Å². The van der Waals surface area contributed by atoms with Crippen LogP contribution < -0.4 is 5.32 Å². The molecule has 7 heteroatoms. The molecule has 106 valence electrons. The lowest BCUT2D eigenvalue weighted by molar-refractivity contribution is -0.147. The molecule has 1 atom stereocenters. The Balaban J connectivity index is 2.90. The minimum Gasteiger partial charge on any atom is -0.467 e. The molecule has 1 heterocycles. The molecule has 1 rings (SSSR count). The van der Waals surface area contributed by atoms with Crippen LogP contribution in [0.25, 0.3) is 0 Å². The van der Waals surface area contributed by atoms with E-state index in [1.807, 2.05) is 6.92 Å². The van der Waals surface area contributed by atoms with Crippen LogP contribution >= 0.6 is 23.2 Å². The van der Waals surface area contributed by atoms with Gasteiger partial charge >= 0.3 is 5.97 Å². The van der Waals surface area contributed by atoms with Gasteiger partial charge in [0.2, 0.25) is 0 Å². The lowest BCUT2D eigenvalue weighted by Gasteiger charge is -2.27. The number of aromatic nitrogens is 1. The number of hydrogen-bond donors (Lipinski definition) is 2. The molecule has 1 aromatic heterocycles. The van der Waals surface area contributed by atoms with Crippen LogP contribution in [0.15, 0.2) is 6.07 Å². The van der Waals surface area contributed by atoms with E-state index in [0.717, 1.165) is 6.42 Å². The van der Waals surface area contributed by atoms with Crippen LogP contribution in [0.2, 0.25) is 10.2 Å². The van der Waals surface area contributed by atoms with Gasteiger partial charge in [-0.2, -0.15) is 0 Å². The number of esters is 1. The average molecular weight is 307 g/mol. The molecule has 1 amide bonds. The Morgan fingerprint density at radius 1 is 1.47 bits per heavy atom. The summed E-state index contributed by atoms with van der Waals surface area (Å²) in [7, 11) is 1.28. The quantitative estimate of drug-likeness (QED) is 0.822. The number of hydrogen-bond acceptors (Lipinski definition) is 3. The smallest absolute Gasteiger partial charge is 0.331 e. The van der Waals surface area contributed by atoms with Crippen LogP contribution in [0.5, 0.6) is 0 Å². The topological polar surface area (TPSA) is 71.2 Å². The van der Waals surface area contributed by atoms with E-state index in [4.69, 9.17) is 27.9 Å². The molecule has 0 saturated carbocycles. The summed E-state index contributed by atoms with van der Waals surface area (Å²) in [4.78, 5) is 26.5. The normalized spacial score (nSPS) is 13.7. The number of methoxy groups -OCH3 is 1. The van der Waals surface area contributed by atoms with Crippen LogP contribution in [0.4, 0.5) is 0 Å². The van der Waals surface area contributed by atoms with Gasteiger partial charge in [0.25, 0.3) is 5.91 Å². The number of ether oxygens (including phenoxy) is 1. The Hall–Kier alpha value is -1.20. The Morgan fingerprint density at radius 3 is 2.53 bits per heavy atom. The molecule has 1 aromatic rings. The van der Waals surface area contributed by atoms with Crippen molar-refractivity contribution >= 4 is 35.1 Å². The first-order valence-corrected chi connectivity index (χ1v) is 6.54. The standard InChI is InChI=1S/C12H16Cl2N2O3/c1-4-5-12(2,11(18)19-3)16-10(17)8-6-7(13)9(14)15-8/h6,15H,4-5H2,1-3H3,(H,16,17). The molecule has 0 fully saturated rings. The van der Waals surface area contributed by atoms with Crippen LogP contribution in [0, 0.1) is 0 Å². The monoisotopic (exact) mass is 306 g/mol. The molecule has 0 aliphatic carbocycles. The Bertz CT molecular complexity index is 468. The predicted octanol–water partition coefficient (Wildman–Crippen LogP) is 2.78. The third-order valence-corrected chi connectivity index (χ3v) is 3.44. The second kappa shape index (κ2) is 6.30. The fourth-order valence-corrected chi connectivity index (χ4v) is 2.10. The summed E-state index contributed by atoms with van der Waals surface area (Å²) in [6, 6.07) is 1.41. The Morgan fingerprint density at radius 2 is 2.11 bits per heavy atom. The SMILES string of the molecule is CCCC(C)(NC(=O)c1cc(Cl)c(Cl)[nH]1)C(=O)OC. The minimum absolute atomic E-state index is 0.182. The zero-order chi connectivity index (χ0) is 14.6. The first-order chi connectivity index (χ1) is 8.84. The highest BCUT2D eigenvalue weighted by Crippen LogP contribution is 2.22. The van der Waals surface area contributed by atoms with Gasteiger partial charge in [-0.05, 0) is 19.4 Å². The maximum atomic E-state index is 12.1. The summed E-state index contributed by atoms with van der Waals surface area (Å²) < 4.78 is 4.72. The molecule has 0 aromatic carbocycles. The number of nitrogens with one attached hydrogen (secondary N) is 2. The van der Waals surface area contributed by atoms with Gasteiger partial charge in [0, 0.05) is 0 Å². The Labute approximate surface area is 121 Å². The second-order valence-electron chi connectivity index (χ2n) is 4.37. The van der Waals surface area contributed by atoms with Crippen molar-refractivity contribution in [3.63, 3.8) is 0 Å². The van der Waals surface area contributed by atoms with Crippen LogP contribution in [0.1, 0.15) is 37.2 Å². The molecule has 0 aliphatic rings. The molecule has 0 saturated heterocycles. The van der Waals surface area contributed by atoms with Crippen molar-refractivity contribution < 1.29 is 14.3 Å². The van der Waals surface area contributed by atoms with E-state index in [2.05, 4.69) is 10.3 Å². The highest BCUT2D eigenvalue weighted by molar-refractivity contribution is 6.41. The lowest BCUT2D eigenvalue weighted by Crippen LogP contribution is -2.52. The highest BCUT2D eigenvalue weighted by Gasteiger charge is 2.35. The number of halogens is 2. The molecule has 1 unspecified atom stereocenters. The van der Waals surface area contributed by atoms with Gasteiger partial charge in [-0.1, -0.05) is 36.5 Å². The number of aromatic amines is 1. The number of rotatable bonds is 5. The van der Waals surface area contributed by atoms with Crippen molar-refractivity contribution in [1.82, 2.24) is 10.3 Å². The largest absolute Gasteiger partial charge is 0.467 e. The zero-order valence-electron chi connectivity index (χ0n) is 11.0. The maximum absolute atomic E-state index is 12.1. The molecule has 19 heavy (non-hydrogen) atoms. The third-order valence-electron chi connectivity index (χ3n) is 2.75. The van der Waals surface area contributed by atoms with Crippen LogP contribution in [-0.4, -0.2) is 29.5 Å². The molecule has 5 nitrogen and oxygen atoms in total. The summed E-state index contributed by atoms with van der Waals surface area (Å²) in [6.45, 7) is 3.53. The zero-order valence-corrected chi connectivity index (χ0v) is 12.5. The summed E-state index contributed by atoms with van der Waals surface area (Å²) in [5.74, 6) is -0.957. The van der Waals surface area contributed by atoms with Crippen molar-refractivity contribution in [2.75, 3.05) is 7.11 Å². The fourth-order valence-electron chi connectivity index (χ4n) is 1.79. The number of H-pyrrole nitrogens is 1. The van der Waals surface area contributed by atoms with Crippen molar-refractivity contribution in [3.8, 4) is 0 Å². The molecule has 0 aliphatic heterocycles. The van der Waals surface area contributed by atoms with E-state index in [-0.39, 0.29) is 15.9 Å². The molecule has 0 bridgehead atoms. The van der Waals surface area contributed by atoms with E-state index in [1.165, 1.54) is 13.2 Å². The number of amides is 1. The summed E-state index contributed by atoms with van der Waals surface area (Å²) >= 11 is 11.5. The van der Waals surface area contributed by atoms with Crippen molar-refractivity contribution in [1.29, 1.82) is 0 Å². The highest BCUT2D eigenvalue weighted by atomic mass is 35.5. The molecular formula is C12H16Cl2N2O3. The lowest BCUT2D eigenvalue weighted by atomic mass is 9.96. The van der Waals surface area contributed by atoms with Gasteiger partial charge in [0.05, 0.1) is 12.1 Å². The summed E-state index contributed by atoms with van der Waals surface area (Å²) in [6.07, 6.45) is 1.19. The van der Waals surface area contributed by atoms with Gasteiger partial charge in [0.15, 0.2) is 0 Å². The third kappa shape index (κ3) is 3.64. The van der Waals surface area contributed by atoms with Gasteiger partial charge in [0.1, 0.15) is 16.4 Å². The predicted molar refractivity (Wildman–Crippen MR) is 73.6 cm³/mol. The van der Waals surface area contributed by atoms with Gasteiger partial charge in [-0.25, -0.2) is 4.79 Å².